The minimum atomic E-state index is 0.107. The van der Waals surface area contributed by atoms with E-state index in [1.807, 2.05) is 25.1 Å². The van der Waals surface area contributed by atoms with Gasteiger partial charge in [-0.3, -0.25) is 0 Å². The lowest BCUT2D eigenvalue weighted by Gasteiger charge is -2.07. The number of rotatable bonds is 4. The van der Waals surface area contributed by atoms with Gasteiger partial charge in [-0.15, -0.1) is 0 Å². The molecule has 17 heavy (non-hydrogen) atoms. The zero-order valence-electron chi connectivity index (χ0n) is 9.68. The molecule has 2 aromatic heterocycles. The minimum Gasteiger partial charge on any atom is -0.481 e. The van der Waals surface area contributed by atoms with Gasteiger partial charge in [0.15, 0.2) is 0 Å². The van der Waals surface area contributed by atoms with Crippen LogP contribution in [0.5, 0.6) is 5.88 Å². The predicted octanol–water partition coefficient (Wildman–Crippen LogP) is 3.07. The third-order valence-electron chi connectivity index (χ3n) is 2.37. The molecule has 2 heterocycles. The lowest BCUT2D eigenvalue weighted by atomic mass is 10.2. The van der Waals surface area contributed by atoms with E-state index in [0.29, 0.717) is 5.88 Å². The first-order valence-corrected chi connectivity index (χ1v) is 6.16. The van der Waals surface area contributed by atoms with Crippen molar-refractivity contribution >= 4 is 15.9 Å². The SMILES string of the molecule is COc1cc(CC(Br)c2ccc(C)o2)ncn1. The Labute approximate surface area is 108 Å². The molecule has 0 saturated carbocycles. The molecule has 0 saturated heterocycles. The van der Waals surface area contributed by atoms with Crippen molar-refractivity contribution in [2.45, 2.75) is 18.2 Å². The highest BCUT2D eigenvalue weighted by molar-refractivity contribution is 9.09. The summed E-state index contributed by atoms with van der Waals surface area (Å²) in [7, 11) is 1.59. The Morgan fingerprint density at radius 2 is 2.24 bits per heavy atom. The molecule has 2 aromatic rings. The number of alkyl halides is 1. The molecule has 0 aliphatic heterocycles. The van der Waals surface area contributed by atoms with Crippen LogP contribution in [0.2, 0.25) is 0 Å². The lowest BCUT2D eigenvalue weighted by molar-refractivity contribution is 0.395. The van der Waals surface area contributed by atoms with Crippen molar-refractivity contribution in [2.24, 2.45) is 0 Å². The van der Waals surface area contributed by atoms with Gasteiger partial charge in [0.1, 0.15) is 17.8 Å². The van der Waals surface area contributed by atoms with E-state index < -0.39 is 0 Å². The summed E-state index contributed by atoms with van der Waals surface area (Å²) in [5.41, 5.74) is 0.910. The number of halogens is 1. The average molecular weight is 297 g/mol. The van der Waals surface area contributed by atoms with E-state index in [0.717, 1.165) is 23.6 Å². The molecule has 0 aromatic carbocycles. The zero-order chi connectivity index (χ0) is 12.3. The van der Waals surface area contributed by atoms with Gasteiger partial charge in [0.05, 0.1) is 11.9 Å². The van der Waals surface area contributed by atoms with Crippen molar-refractivity contribution < 1.29 is 9.15 Å². The van der Waals surface area contributed by atoms with E-state index in [-0.39, 0.29) is 4.83 Å². The molecular formula is C12H13BrN2O2. The molecule has 1 atom stereocenters. The number of hydrogen-bond acceptors (Lipinski definition) is 4. The van der Waals surface area contributed by atoms with Crippen LogP contribution in [0.3, 0.4) is 0 Å². The number of nitrogens with zero attached hydrogens (tertiary/aromatic N) is 2. The minimum absolute atomic E-state index is 0.107. The highest BCUT2D eigenvalue weighted by atomic mass is 79.9. The van der Waals surface area contributed by atoms with Gasteiger partial charge in [0.2, 0.25) is 5.88 Å². The van der Waals surface area contributed by atoms with Crippen LogP contribution in [0, 0.1) is 6.92 Å². The van der Waals surface area contributed by atoms with Gasteiger partial charge in [0.25, 0.3) is 0 Å². The maximum Gasteiger partial charge on any atom is 0.216 e. The smallest absolute Gasteiger partial charge is 0.216 e. The van der Waals surface area contributed by atoms with Crippen LogP contribution in [-0.4, -0.2) is 17.1 Å². The second-order valence-corrected chi connectivity index (χ2v) is 4.78. The molecule has 0 amide bonds. The average Bonchev–Trinajstić information content (AvgIpc) is 2.76. The summed E-state index contributed by atoms with van der Waals surface area (Å²) >= 11 is 3.59. The van der Waals surface area contributed by atoms with Gasteiger partial charge in [-0.2, -0.15) is 0 Å². The number of furan rings is 1. The second-order valence-electron chi connectivity index (χ2n) is 3.67. The largest absolute Gasteiger partial charge is 0.481 e. The van der Waals surface area contributed by atoms with E-state index in [1.54, 1.807) is 7.11 Å². The summed E-state index contributed by atoms with van der Waals surface area (Å²) in [6, 6.07) is 5.74. The molecule has 2 rings (SSSR count). The summed E-state index contributed by atoms with van der Waals surface area (Å²) in [6.45, 7) is 1.93. The maximum absolute atomic E-state index is 5.55. The fourth-order valence-electron chi connectivity index (χ4n) is 1.51. The molecule has 4 nitrogen and oxygen atoms in total. The van der Waals surface area contributed by atoms with Gasteiger partial charge >= 0.3 is 0 Å². The standard InChI is InChI=1S/C12H13BrN2O2/c1-8-3-4-11(17-8)10(13)5-9-6-12(16-2)15-7-14-9/h3-4,6-7,10H,5H2,1-2H3. The monoisotopic (exact) mass is 296 g/mol. The van der Waals surface area contributed by atoms with Gasteiger partial charge in [-0.1, -0.05) is 15.9 Å². The van der Waals surface area contributed by atoms with E-state index >= 15 is 0 Å². The summed E-state index contributed by atoms with van der Waals surface area (Å²) in [5, 5.41) is 0. The number of aromatic nitrogens is 2. The molecule has 0 aliphatic carbocycles. The van der Waals surface area contributed by atoms with Crippen LogP contribution >= 0.6 is 15.9 Å². The fraction of sp³-hybridized carbons (Fsp3) is 0.333. The Bertz CT molecular complexity index is 499. The van der Waals surface area contributed by atoms with Crippen molar-refractivity contribution in [3.05, 3.63) is 41.7 Å². The summed E-state index contributed by atoms with van der Waals surface area (Å²) < 4.78 is 10.6. The summed E-state index contributed by atoms with van der Waals surface area (Å²) in [6.07, 6.45) is 2.23. The third kappa shape index (κ3) is 3.06. The van der Waals surface area contributed by atoms with Crippen molar-refractivity contribution in [3.63, 3.8) is 0 Å². The lowest BCUT2D eigenvalue weighted by Crippen LogP contribution is -1.98. The summed E-state index contributed by atoms with van der Waals surface area (Å²) in [5.74, 6) is 2.38. The molecule has 0 bridgehead atoms. The molecule has 0 fully saturated rings. The van der Waals surface area contributed by atoms with E-state index in [2.05, 4.69) is 25.9 Å². The fourth-order valence-corrected chi connectivity index (χ4v) is 2.08. The Morgan fingerprint density at radius 1 is 1.41 bits per heavy atom. The zero-order valence-corrected chi connectivity index (χ0v) is 11.3. The first-order chi connectivity index (χ1) is 8.19. The van der Waals surface area contributed by atoms with E-state index in [1.165, 1.54) is 6.33 Å². The molecular weight excluding hydrogens is 284 g/mol. The van der Waals surface area contributed by atoms with Crippen molar-refractivity contribution in [3.8, 4) is 5.88 Å². The quantitative estimate of drug-likeness (QED) is 0.814. The van der Waals surface area contributed by atoms with Crippen molar-refractivity contribution in [2.75, 3.05) is 7.11 Å². The van der Waals surface area contributed by atoms with Gasteiger partial charge in [0, 0.05) is 18.2 Å². The molecule has 90 valence electrons. The van der Waals surface area contributed by atoms with Gasteiger partial charge in [-0.25, -0.2) is 9.97 Å². The molecule has 5 heteroatoms. The topological polar surface area (TPSA) is 48.2 Å². The van der Waals surface area contributed by atoms with Crippen molar-refractivity contribution in [1.29, 1.82) is 0 Å². The summed E-state index contributed by atoms with van der Waals surface area (Å²) in [4.78, 5) is 8.27. The first-order valence-electron chi connectivity index (χ1n) is 5.24. The first kappa shape index (κ1) is 12.1. The number of hydrogen-bond donors (Lipinski definition) is 0. The predicted molar refractivity (Wildman–Crippen MR) is 67.4 cm³/mol. The Balaban J connectivity index is 2.09. The van der Waals surface area contributed by atoms with E-state index in [9.17, 15) is 0 Å². The van der Waals surface area contributed by atoms with Crippen LogP contribution in [-0.2, 0) is 6.42 Å². The number of aryl methyl sites for hydroxylation is 1. The van der Waals surface area contributed by atoms with E-state index in [4.69, 9.17) is 9.15 Å². The highest BCUT2D eigenvalue weighted by Crippen LogP contribution is 2.28. The van der Waals surface area contributed by atoms with Crippen LogP contribution in [0.15, 0.2) is 28.9 Å². The molecule has 0 aliphatic rings. The molecule has 0 radical (unpaired) electrons. The second kappa shape index (κ2) is 5.31. The Hall–Kier alpha value is -1.36. The maximum atomic E-state index is 5.55. The third-order valence-corrected chi connectivity index (χ3v) is 3.14. The Kier molecular flexibility index (Phi) is 3.78. The molecule has 0 N–H and O–H groups in total. The Morgan fingerprint density at radius 3 is 2.88 bits per heavy atom. The van der Waals surface area contributed by atoms with Crippen LogP contribution in [0.25, 0.3) is 0 Å². The molecule has 0 spiro atoms. The van der Waals surface area contributed by atoms with Crippen LogP contribution < -0.4 is 4.74 Å². The number of methoxy groups -OCH3 is 1. The van der Waals surface area contributed by atoms with Crippen molar-refractivity contribution in [1.82, 2.24) is 9.97 Å². The van der Waals surface area contributed by atoms with Crippen LogP contribution in [0.4, 0.5) is 0 Å². The highest BCUT2D eigenvalue weighted by Gasteiger charge is 2.13. The number of ether oxygens (including phenoxy) is 1. The van der Waals surface area contributed by atoms with Gasteiger partial charge in [-0.05, 0) is 19.1 Å². The van der Waals surface area contributed by atoms with Crippen LogP contribution in [0.1, 0.15) is 22.0 Å². The van der Waals surface area contributed by atoms with Gasteiger partial charge < -0.3 is 9.15 Å². The molecule has 1 unspecified atom stereocenters. The normalized spacial score (nSPS) is 12.4.